The van der Waals surface area contributed by atoms with Gasteiger partial charge in [0.2, 0.25) is 0 Å². The molecule has 25 heavy (non-hydrogen) atoms. The molecular weight excluding hydrogens is 316 g/mol. The van der Waals surface area contributed by atoms with E-state index in [9.17, 15) is 0 Å². The van der Waals surface area contributed by atoms with Crippen LogP contribution >= 0.6 is 0 Å². The molecule has 2 saturated heterocycles. The second-order valence-corrected chi connectivity index (χ2v) is 7.13. The van der Waals surface area contributed by atoms with Crippen LogP contribution in [0.2, 0.25) is 0 Å². The summed E-state index contributed by atoms with van der Waals surface area (Å²) >= 11 is 0. The molecule has 0 unspecified atom stereocenters. The second kappa shape index (κ2) is 12.5. The van der Waals surface area contributed by atoms with Crippen LogP contribution in [0.25, 0.3) is 0 Å². The highest BCUT2D eigenvalue weighted by Crippen LogP contribution is 2.14. The van der Waals surface area contributed by atoms with Crippen molar-refractivity contribution in [3.63, 3.8) is 0 Å². The van der Waals surface area contributed by atoms with Crippen LogP contribution in [0.1, 0.15) is 44.9 Å². The molecule has 0 radical (unpaired) electrons. The molecule has 0 aromatic carbocycles. The van der Waals surface area contributed by atoms with Gasteiger partial charge >= 0.3 is 0 Å². The van der Waals surface area contributed by atoms with Gasteiger partial charge in [-0.25, -0.2) is 0 Å². The van der Waals surface area contributed by atoms with Gasteiger partial charge in [-0.1, -0.05) is 12.8 Å². The van der Waals surface area contributed by atoms with Crippen LogP contribution < -0.4 is 5.32 Å². The molecule has 0 atom stereocenters. The molecule has 0 bridgehead atoms. The largest absolute Gasteiger partial charge is 0.385 e. The van der Waals surface area contributed by atoms with Gasteiger partial charge in [-0.2, -0.15) is 0 Å². The number of methoxy groups -OCH3 is 1. The van der Waals surface area contributed by atoms with Crippen molar-refractivity contribution in [1.29, 1.82) is 0 Å². The maximum absolute atomic E-state index is 5.95. The summed E-state index contributed by atoms with van der Waals surface area (Å²) in [6.07, 6.45) is 9.04. The van der Waals surface area contributed by atoms with Gasteiger partial charge in [0, 0.05) is 53.6 Å². The minimum absolute atomic E-state index is 0.392. The van der Waals surface area contributed by atoms with Crippen LogP contribution in [0.3, 0.4) is 0 Å². The highest BCUT2D eigenvalue weighted by atomic mass is 16.5. The molecule has 2 fully saturated rings. The average molecular weight is 355 g/mol. The van der Waals surface area contributed by atoms with Crippen molar-refractivity contribution in [3.8, 4) is 0 Å². The lowest BCUT2D eigenvalue weighted by atomic mass is 10.1. The van der Waals surface area contributed by atoms with Crippen molar-refractivity contribution in [1.82, 2.24) is 15.1 Å². The Labute approximate surface area is 153 Å². The Balaban J connectivity index is 1.61. The highest BCUT2D eigenvalue weighted by Gasteiger charge is 2.21. The molecule has 2 heterocycles. The molecule has 0 aromatic rings. The van der Waals surface area contributed by atoms with E-state index in [1.165, 1.54) is 38.8 Å². The van der Waals surface area contributed by atoms with Crippen molar-refractivity contribution in [2.24, 2.45) is 4.99 Å². The van der Waals surface area contributed by atoms with E-state index in [1.807, 2.05) is 7.05 Å². The molecule has 2 aliphatic heterocycles. The van der Waals surface area contributed by atoms with Crippen molar-refractivity contribution in [2.45, 2.75) is 51.0 Å². The molecule has 0 aliphatic carbocycles. The summed E-state index contributed by atoms with van der Waals surface area (Å²) < 4.78 is 11.0. The normalized spacial score (nSPS) is 21.4. The number of guanidine groups is 1. The number of nitrogens with one attached hydrogen (secondary N) is 1. The van der Waals surface area contributed by atoms with Crippen molar-refractivity contribution >= 4 is 5.96 Å². The van der Waals surface area contributed by atoms with E-state index in [0.717, 1.165) is 64.6 Å². The number of hydrogen-bond donors (Lipinski definition) is 1. The van der Waals surface area contributed by atoms with Gasteiger partial charge in [0.15, 0.2) is 5.96 Å². The summed E-state index contributed by atoms with van der Waals surface area (Å²) in [5.74, 6) is 1.05. The van der Waals surface area contributed by atoms with Gasteiger partial charge in [0.1, 0.15) is 0 Å². The van der Waals surface area contributed by atoms with E-state index in [4.69, 9.17) is 9.47 Å². The fourth-order valence-electron chi connectivity index (χ4n) is 3.71. The first-order valence-corrected chi connectivity index (χ1v) is 10.1. The Hall–Kier alpha value is -0.850. The van der Waals surface area contributed by atoms with Crippen molar-refractivity contribution in [2.75, 3.05) is 66.6 Å². The number of ether oxygens (including phenoxy) is 2. The highest BCUT2D eigenvalue weighted by molar-refractivity contribution is 5.79. The van der Waals surface area contributed by atoms with E-state index < -0.39 is 0 Å². The molecule has 2 rings (SSSR count). The van der Waals surface area contributed by atoms with E-state index in [1.54, 1.807) is 7.11 Å². The predicted molar refractivity (Wildman–Crippen MR) is 103 cm³/mol. The number of nitrogens with zero attached hydrogens (tertiary/aromatic N) is 3. The van der Waals surface area contributed by atoms with E-state index in [0.29, 0.717) is 6.10 Å². The quantitative estimate of drug-likeness (QED) is 0.410. The number of piperidine rings is 1. The van der Waals surface area contributed by atoms with Crippen LogP contribution in [0.5, 0.6) is 0 Å². The summed E-state index contributed by atoms with van der Waals surface area (Å²) in [6.45, 7) is 8.26. The molecular formula is C19H38N4O2. The van der Waals surface area contributed by atoms with Crippen LogP contribution in [-0.2, 0) is 9.47 Å². The third-order valence-electron chi connectivity index (χ3n) is 5.21. The number of likely N-dealkylation sites (tertiary alicyclic amines) is 2. The zero-order chi connectivity index (χ0) is 17.7. The smallest absolute Gasteiger partial charge is 0.193 e. The summed E-state index contributed by atoms with van der Waals surface area (Å²) in [6, 6.07) is 0. The van der Waals surface area contributed by atoms with Gasteiger partial charge in [0.25, 0.3) is 0 Å². The van der Waals surface area contributed by atoms with Crippen LogP contribution in [0.15, 0.2) is 4.99 Å². The molecule has 1 N–H and O–H groups in total. The Bertz CT molecular complexity index is 362. The third-order valence-corrected chi connectivity index (χ3v) is 5.21. The molecule has 0 amide bonds. The third kappa shape index (κ3) is 7.92. The maximum Gasteiger partial charge on any atom is 0.193 e. The topological polar surface area (TPSA) is 49.3 Å². The predicted octanol–water partition coefficient (Wildman–Crippen LogP) is 1.96. The van der Waals surface area contributed by atoms with Crippen LogP contribution in [0.4, 0.5) is 0 Å². The summed E-state index contributed by atoms with van der Waals surface area (Å²) in [4.78, 5) is 9.44. The first-order valence-electron chi connectivity index (χ1n) is 10.1. The number of aliphatic imine (C=N–C) groups is 1. The summed E-state index contributed by atoms with van der Waals surface area (Å²) in [7, 11) is 3.63. The first-order chi connectivity index (χ1) is 12.3. The summed E-state index contributed by atoms with van der Waals surface area (Å²) in [5, 5.41) is 3.56. The Kier molecular flexibility index (Phi) is 10.2. The van der Waals surface area contributed by atoms with E-state index in [2.05, 4.69) is 20.1 Å². The summed E-state index contributed by atoms with van der Waals surface area (Å²) in [5.41, 5.74) is 0. The van der Waals surface area contributed by atoms with Gasteiger partial charge in [-0.05, 0) is 45.2 Å². The molecule has 0 aromatic heterocycles. The minimum Gasteiger partial charge on any atom is -0.385 e. The molecule has 0 spiro atoms. The number of hydrogen-bond acceptors (Lipinski definition) is 4. The lowest BCUT2D eigenvalue weighted by Crippen LogP contribution is -2.48. The average Bonchev–Trinajstić information content (AvgIpc) is 2.92. The van der Waals surface area contributed by atoms with Gasteiger partial charge in [-0.15, -0.1) is 0 Å². The van der Waals surface area contributed by atoms with E-state index >= 15 is 0 Å². The molecule has 0 saturated carbocycles. The van der Waals surface area contributed by atoms with Crippen LogP contribution in [-0.4, -0.2) is 88.5 Å². The molecule has 6 nitrogen and oxygen atoms in total. The van der Waals surface area contributed by atoms with E-state index in [-0.39, 0.29) is 0 Å². The molecule has 146 valence electrons. The zero-order valence-electron chi connectivity index (χ0n) is 16.3. The number of rotatable bonds is 8. The molecule has 2 aliphatic rings. The van der Waals surface area contributed by atoms with Gasteiger partial charge in [-0.3, -0.25) is 4.99 Å². The Morgan fingerprint density at radius 1 is 1.04 bits per heavy atom. The first kappa shape index (κ1) is 20.5. The standard InChI is InChI=1S/C19H38N4O2/c1-20-19(21-10-15-22-11-5-3-4-6-12-22)23-13-8-18(9-14-23)25-17-7-16-24-2/h18H,3-17H2,1-2H3,(H,20,21). The minimum atomic E-state index is 0.392. The van der Waals surface area contributed by atoms with Crippen molar-refractivity contribution < 1.29 is 9.47 Å². The Morgan fingerprint density at radius 2 is 1.76 bits per heavy atom. The van der Waals surface area contributed by atoms with Gasteiger partial charge in [0.05, 0.1) is 6.10 Å². The fourth-order valence-corrected chi connectivity index (χ4v) is 3.71. The molecule has 6 heteroatoms. The SMILES string of the molecule is CN=C(NCCN1CCCCCC1)N1CCC(OCCCOC)CC1. The zero-order valence-corrected chi connectivity index (χ0v) is 16.3. The Morgan fingerprint density at radius 3 is 2.40 bits per heavy atom. The fraction of sp³-hybridized carbons (Fsp3) is 0.947. The second-order valence-electron chi connectivity index (χ2n) is 7.13. The van der Waals surface area contributed by atoms with Gasteiger partial charge < -0.3 is 24.6 Å². The van der Waals surface area contributed by atoms with Crippen LogP contribution in [0, 0.1) is 0 Å². The monoisotopic (exact) mass is 354 g/mol. The lowest BCUT2D eigenvalue weighted by Gasteiger charge is -2.34. The van der Waals surface area contributed by atoms with Crippen molar-refractivity contribution in [3.05, 3.63) is 0 Å². The maximum atomic E-state index is 5.95. The lowest BCUT2D eigenvalue weighted by molar-refractivity contribution is 0.00990.